The van der Waals surface area contributed by atoms with Gasteiger partial charge in [0.2, 0.25) is 10.0 Å². The Kier molecular flexibility index (Phi) is 5.56. The third-order valence-electron chi connectivity index (χ3n) is 2.23. The Morgan fingerprint density at radius 1 is 1.23 bits per heavy atom. The highest BCUT2D eigenvalue weighted by atomic mass is 32.2. The number of hydrogen-bond acceptors (Lipinski definition) is 2. The van der Waals surface area contributed by atoms with Gasteiger partial charge in [-0.25, -0.2) is 12.7 Å². The SMILES string of the molecule is CCCCCC(C)S(=O)(=O)N(C)C. The summed E-state index contributed by atoms with van der Waals surface area (Å²) in [6, 6.07) is 0. The molecule has 0 spiro atoms. The molecular formula is C9H21NO2S. The Bertz CT molecular complexity index is 222. The molecule has 0 rings (SSSR count). The molecule has 0 aliphatic rings. The normalized spacial score (nSPS) is 14.8. The minimum Gasteiger partial charge on any atom is -0.212 e. The van der Waals surface area contributed by atoms with E-state index in [-0.39, 0.29) is 5.25 Å². The Labute approximate surface area is 82.2 Å². The predicted octanol–water partition coefficient (Wildman–Crippen LogP) is 1.85. The van der Waals surface area contributed by atoms with Crippen LogP contribution < -0.4 is 0 Å². The summed E-state index contributed by atoms with van der Waals surface area (Å²) < 4.78 is 24.4. The van der Waals surface area contributed by atoms with E-state index in [0.29, 0.717) is 0 Å². The Morgan fingerprint density at radius 2 is 1.77 bits per heavy atom. The molecule has 0 amide bonds. The third-order valence-corrected chi connectivity index (χ3v) is 4.50. The maximum atomic E-state index is 11.6. The number of unbranched alkanes of at least 4 members (excludes halogenated alkanes) is 2. The van der Waals surface area contributed by atoms with Crippen LogP contribution in [0.25, 0.3) is 0 Å². The van der Waals surface area contributed by atoms with E-state index in [9.17, 15) is 8.42 Å². The van der Waals surface area contributed by atoms with Crippen molar-refractivity contribution in [2.75, 3.05) is 14.1 Å². The summed E-state index contributed by atoms with van der Waals surface area (Å²) in [6.07, 6.45) is 4.03. The van der Waals surface area contributed by atoms with Crippen LogP contribution in [0.3, 0.4) is 0 Å². The van der Waals surface area contributed by atoms with Crippen molar-refractivity contribution in [3.8, 4) is 0 Å². The number of rotatable bonds is 6. The molecule has 0 saturated carbocycles. The molecule has 0 saturated heterocycles. The fourth-order valence-corrected chi connectivity index (χ4v) is 2.37. The minimum absolute atomic E-state index is 0.242. The van der Waals surface area contributed by atoms with E-state index in [1.54, 1.807) is 21.0 Å². The second-order valence-corrected chi connectivity index (χ2v) is 6.20. The molecule has 0 heterocycles. The van der Waals surface area contributed by atoms with Gasteiger partial charge in [0.05, 0.1) is 5.25 Å². The van der Waals surface area contributed by atoms with Crippen molar-refractivity contribution in [1.29, 1.82) is 0 Å². The lowest BCUT2D eigenvalue weighted by molar-refractivity contribution is 0.498. The van der Waals surface area contributed by atoms with Crippen molar-refractivity contribution in [2.45, 2.75) is 44.8 Å². The maximum Gasteiger partial charge on any atom is 0.216 e. The average Bonchev–Trinajstić information content (AvgIpc) is 2.04. The van der Waals surface area contributed by atoms with Crippen LogP contribution in [-0.4, -0.2) is 32.1 Å². The van der Waals surface area contributed by atoms with Crippen LogP contribution >= 0.6 is 0 Å². The van der Waals surface area contributed by atoms with Gasteiger partial charge in [0.1, 0.15) is 0 Å². The second-order valence-electron chi connectivity index (χ2n) is 3.63. The van der Waals surface area contributed by atoms with E-state index in [2.05, 4.69) is 6.92 Å². The van der Waals surface area contributed by atoms with E-state index < -0.39 is 10.0 Å². The smallest absolute Gasteiger partial charge is 0.212 e. The molecule has 3 nitrogen and oxygen atoms in total. The van der Waals surface area contributed by atoms with E-state index in [1.165, 1.54) is 4.31 Å². The van der Waals surface area contributed by atoms with Gasteiger partial charge in [-0.05, 0) is 13.3 Å². The molecule has 1 unspecified atom stereocenters. The lowest BCUT2D eigenvalue weighted by atomic mass is 10.2. The van der Waals surface area contributed by atoms with Gasteiger partial charge >= 0.3 is 0 Å². The summed E-state index contributed by atoms with van der Waals surface area (Å²) in [6.45, 7) is 3.90. The van der Waals surface area contributed by atoms with Crippen molar-refractivity contribution >= 4 is 10.0 Å². The van der Waals surface area contributed by atoms with Gasteiger partial charge in [-0.1, -0.05) is 26.2 Å². The number of hydrogen-bond donors (Lipinski definition) is 0. The minimum atomic E-state index is -3.02. The fraction of sp³-hybridized carbons (Fsp3) is 1.00. The molecule has 0 radical (unpaired) electrons. The summed E-state index contributed by atoms with van der Waals surface area (Å²) >= 11 is 0. The van der Waals surface area contributed by atoms with Crippen LogP contribution in [0.2, 0.25) is 0 Å². The monoisotopic (exact) mass is 207 g/mol. The van der Waals surface area contributed by atoms with Crippen molar-refractivity contribution in [3.63, 3.8) is 0 Å². The summed E-state index contributed by atoms with van der Waals surface area (Å²) in [7, 11) is 0.154. The van der Waals surface area contributed by atoms with Crippen molar-refractivity contribution in [2.24, 2.45) is 0 Å². The van der Waals surface area contributed by atoms with Gasteiger partial charge < -0.3 is 0 Å². The van der Waals surface area contributed by atoms with E-state index in [0.717, 1.165) is 25.7 Å². The van der Waals surface area contributed by atoms with Crippen LogP contribution in [0, 0.1) is 0 Å². The van der Waals surface area contributed by atoms with Crippen LogP contribution in [0.4, 0.5) is 0 Å². The van der Waals surface area contributed by atoms with Crippen LogP contribution in [-0.2, 0) is 10.0 Å². The summed E-state index contributed by atoms with van der Waals surface area (Å²) in [4.78, 5) is 0. The number of nitrogens with zero attached hydrogens (tertiary/aromatic N) is 1. The van der Waals surface area contributed by atoms with Gasteiger partial charge in [-0.2, -0.15) is 0 Å². The maximum absolute atomic E-state index is 11.6. The van der Waals surface area contributed by atoms with Gasteiger partial charge in [0, 0.05) is 14.1 Å². The van der Waals surface area contributed by atoms with Crippen molar-refractivity contribution in [3.05, 3.63) is 0 Å². The fourth-order valence-electron chi connectivity index (χ4n) is 1.19. The van der Waals surface area contributed by atoms with Crippen molar-refractivity contribution in [1.82, 2.24) is 4.31 Å². The zero-order valence-corrected chi connectivity index (χ0v) is 9.89. The molecule has 1 atom stereocenters. The second kappa shape index (κ2) is 5.60. The van der Waals surface area contributed by atoms with Gasteiger partial charge in [-0.15, -0.1) is 0 Å². The first-order chi connectivity index (χ1) is 5.92. The average molecular weight is 207 g/mol. The Hall–Kier alpha value is -0.0900. The molecule has 0 aromatic heterocycles. The van der Waals surface area contributed by atoms with E-state index in [4.69, 9.17) is 0 Å². The molecule has 80 valence electrons. The lowest BCUT2D eigenvalue weighted by Gasteiger charge is -2.17. The first kappa shape index (κ1) is 12.9. The first-order valence-electron chi connectivity index (χ1n) is 4.84. The summed E-state index contributed by atoms with van der Waals surface area (Å²) in [5, 5.41) is -0.242. The largest absolute Gasteiger partial charge is 0.216 e. The van der Waals surface area contributed by atoms with Crippen LogP contribution in [0.1, 0.15) is 39.5 Å². The Balaban J connectivity index is 4.03. The molecule has 0 aromatic carbocycles. The molecule has 0 aliphatic heterocycles. The van der Waals surface area contributed by atoms with Gasteiger partial charge in [0.15, 0.2) is 0 Å². The molecule has 0 bridgehead atoms. The Morgan fingerprint density at radius 3 is 2.15 bits per heavy atom. The zero-order valence-electron chi connectivity index (χ0n) is 9.08. The summed E-state index contributed by atoms with van der Waals surface area (Å²) in [5.74, 6) is 0. The van der Waals surface area contributed by atoms with Crippen LogP contribution in [0.15, 0.2) is 0 Å². The first-order valence-corrected chi connectivity index (χ1v) is 6.34. The molecule has 4 heteroatoms. The molecule has 0 aromatic rings. The summed E-state index contributed by atoms with van der Waals surface area (Å²) in [5.41, 5.74) is 0. The third kappa shape index (κ3) is 4.09. The standard InChI is InChI=1S/C9H21NO2S/c1-5-6-7-8-9(2)13(11,12)10(3)4/h9H,5-8H2,1-4H3. The predicted molar refractivity (Wildman–Crippen MR) is 56.2 cm³/mol. The molecule has 0 fully saturated rings. The molecule has 13 heavy (non-hydrogen) atoms. The van der Waals surface area contributed by atoms with Gasteiger partial charge in [-0.3, -0.25) is 0 Å². The lowest BCUT2D eigenvalue weighted by Crippen LogP contribution is -2.31. The zero-order chi connectivity index (χ0) is 10.5. The molecular weight excluding hydrogens is 186 g/mol. The van der Waals surface area contributed by atoms with Crippen molar-refractivity contribution < 1.29 is 8.42 Å². The highest BCUT2D eigenvalue weighted by Gasteiger charge is 2.22. The number of sulfonamides is 1. The highest BCUT2D eigenvalue weighted by Crippen LogP contribution is 2.12. The topological polar surface area (TPSA) is 37.4 Å². The highest BCUT2D eigenvalue weighted by molar-refractivity contribution is 7.89. The van der Waals surface area contributed by atoms with E-state index in [1.807, 2.05) is 0 Å². The quantitative estimate of drug-likeness (QED) is 0.623. The molecule has 0 aliphatic carbocycles. The van der Waals surface area contributed by atoms with Crippen LogP contribution in [0.5, 0.6) is 0 Å². The van der Waals surface area contributed by atoms with E-state index >= 15 is 0 Å². The molecule has 0 N–H and O–H groups in total. The van der Waals surface area contributed by atoms with Gasteiger partial charge in [0.25, 0.3) is 0 Å².